The average molecular weight is 168 g/mol. The van der Waals surface area contributed by atoms with Gasteiger partial charge in [-0.3, -0.25) is 0 Å². The fourth-order valence-corrected chi connectivity index (χ4v) is 0.681. The highest BCUT2D eigenvalue weighted by Gasteiger charge is 2.06. The molecule has 0 spiro atoms. The summed E-state index contributed by atoms with van der Waals surface area (Å²) in [5.41, 5.74) is 5.55. The molecule has 0 radical (unpaired) electrons. The number of hydrogen-bond donors (Lipinski definition) is 2. The summed E-state index contributed by atoms with van der Waals surface area (Å²) >= 11 is 0. The van der Waals surface area contributed by atoms with E-state index in [1.54, 1.807) is 6.92 Å². The Labute approximate surface area is 69.2 Å². The molecule has 3 heteroatoms. The van der Waals surface area contributed by atoms with Crippen molar-refractivity contribution in [2.45, 2.75) is 45.3 Å². The van der Waals surface area contributed by atoms with Gasteiger partial charge in [0.25, 0.3) is 0 Å². The summed E-state index contributed by atoms with van der Waals surface area (Å²) in [6, 6.07) is -0.0232. The smallest absolute Gasteiger partial charge is 0.0662 e. The first kappa shape index (κ1) is 12.8. The normalized spacial score (nSPS) is 15.6. The predicted octanol–water partition coefficient (Wildman–Crippen LogP) is 1.31. The van der Waals surface area contributed by atoms with Crippen LogP contribution in [0.15, 0.2) is 0 Å². The van der Waals surface area contributed by atoms with Crippen LogP contribution in [0.3, 0.4) is 0 Å². The lowest BCUT2D eigenvalue weighted by molar-refractivity contribution is 0.158. The number of aliphatic hydroxyl groups is 1. The summed E-state index contributed by atoms with van der Waals surface area (Å²) in [4.78, 5) is 0. The second-order valence-electron chi connectivity index (χ2n) is 2.55. The summed E-state index contributed by atoms with van der Waals surface area (Å²) in [5.74, 6) is 0. The Kier molecular flexibility index (Phi) is 9.40. The molecule has 0 aromatic heterocycles. The number of aliphatic hydroxyl groups excluding tert-OH is 1. The van der Waals surface area contributed by atoms with Crippen LogP contribution >= 0.6 is 12.4 Å². The van der Waals surface area contributed by atoms with Crippen molar-refractivity contribution in [2.24, 2.45) is 5.73 Å². The number of rotatable bonds is 4. The van der Waals surface area contributed by atoms with Crippen LogP contribution in [0.2, 0.25) is 0 Å². The van der Waals surface area contributed by atoms with Crippen molar-refractivity contribution in [2.75, 3.05) is 0 Å². The molecule has 0 aromatic rings. The highest BCUT2D eigenvalue weighted by Crippen LogP contribution is 2.00. The quantitative estimate of drug-likeness (QED) is 0.663. The van der Waals surface area contributed by atoms with Crippen molar-refractivity contribution < 1.29 is 5.11 Å². The fraction of sp³-hybridized carbons (Fsp3) is 1.00. The maximum atomic E-state index is 8.92. The first-order valence-corrected chi connectivity index (χ1v) is 3.62. The molecule has 10 heavy (non-hydrogen) atoms. The molecule has 3 N–H and O–H groups in total. The number of hydrogen-bond acceptors (Lipinski definition) is 2. The molecule has 0 aliphatic heterocycles. The van der Waals surface area contributed by atoms with E-state index < -0.39 is 0 Å². The Morgan fingerprint density at radius 1 is 1.50 bits per heavy atom. The summed E-state index contributed by atoms with van der Waals surface area (Å²) in [6.45, 7) is 3.86. The molecular weight excluding hydrogens is 150 g/mol. The van der Waals surface area contributed by atoms with E-state index in [-0.39, 0.29) is 24.6 Å². The molecule has 2 nitrogen and oxygen atoms in total. The first-order chi connectivity index (χ1) is 4.18. The van der Waals surface area contributed by atoms with E-state index in [0.717, 1.165) is 19.3 Å². The Hall–Kier alpha value is 0.210. The van der Waals surface area contributed by atoms with Crippen LogP contribution < -0.4 is 5.73 Å². The minimum Gasteiger partial charge on any atom is -0.392 e. The van der Waals surface area contributed by atoms with E-state index in [9.17, 15) is 0 Å². The van der Waals surface area contributed by atoms with Crippen molar-refractivity contribution >= 4 is 12.4 Å². The van der Waals surface area contributed by atoms with E-state index in [4.69, 9.17) is 10.8 Å². The summed E-state index contributed by atoms with van der Waals surface area (Å²) in [6.07, 6.45) is 2.86. The molecule has 64 valence electrons. The zero-order valence-electron chi connectivity index (χ0n) is 6.71. The van der Waals surface area contributed by atoms with E-state index >= 15 is 0 Å². The predicted molar refractivity (Wildman–Crippen MR) is 46.4 cm³/mol. The maximum absolute atomic E-state index is 8.92. The number of unbranched alkanes of at least 4 members (excludes halogenated alkanes) is 1. The van der Waals surface area contributed by atoms with Crippen LogP contribution in [0.5, 0.6) is 0 Å². The minimum absolute atomic E-state index is 0. The molecular formula is C7H18ClNO. The molecule has 2 atom stereocenters. The van der Waals surface area contributed by atoms with Gasteiger partial charge in [0.2, 0.25) is 0 Å². The highest BCUT2D eigenvalue weighted by molar-refractivity contribution is 5.85. The topological polar surface area (TPSA) is 46.2 Å². The minimum atomic E-state index is -0.350. The van der Waals surface area contributed by atoms with Gasteiger partial charge < -0.3 is 10.8 Å². The van der Waals surface area contributed by atoms with Crippen LogP contribution in [-0.4, -0.2) is 17.3 Å². The largest absolute Gasteiger partial charge is 0.392 e. The maximum Gasteiger partial charge on any atom is 0.0662 e. The molecule has 0 amide bonds. The fourth-order valence-electron chi connectivity index (χ4n) is 0.681. The molecule has 0 aromatic carbocycles. The average Bonchev–Trinajstić information content (AvgIpc) is 1.82. The molecule has 0 bridgehead atoms. The van der Waals surface area contributed by atoms with Crippen LogP contribution in [0.25, 0.3) is 0 Å². The van der Waals surface area contributed by atoms with Gasteiger partial charge in [-0.15, -0.1) is 12.4 Å². The summed E-state index contributed by atoms with van der Waals surface area (Å²) in [5, 5.41) is 8.92. The Morgan fingerprint density at radius 2 is 2.00 bits per heavy atom. The standard InChI is InChI=1S/C7H17NO.ClH/c1-3-4-5-7(8)6(2)9;/h6-7,9H,3-5,8H2,1-2H3;1H. The molecule has 0 aliphatic rings. The second-order valence-corrected chi connectivity index (χ2v) is 2.55. The van der Waals surface area contributed by atoms with Crippen molar-refractivity contribution in [1.29, 1.82) is 0 Å². The van der Waals surface area contributed by atoms with E-state index in [1.165, 1.54) is 0 Å². The molecule has 0 rings (SSSR count). The summed E-state index contributed by atoms with van der Waals surface area (Å²) in [7, 11) is 0. The van der Waals surface area contributed by atoms with Gasteiger partial charge in [-0.05, 0) is 13.3 Å². The SMILES string of the molecule is CCCCC(N)C(C)O.Cl. The molecule has 0 aliphatic carbocycles. The van der Waals surface area contributed by atoms with Gasteiger partial charge in [-0.2, -0.15) is 0 Å². The van der Waals surface area contributed by atoms with Gasteiger partial charge in [0.15, 0.2) is 0 Å². The Bertz CT molecular complexity index is 68.6. The summed E-state index contributed by atoms with van der Waals surface area (Å²) < 4.78 is 0. The van der Waals surface area contributed by atoms with Crippen molar-refractivity contribution in [3.63, 3.8) is 0 Å². The zero-order valence-corrected chi connectivity index (χ0v) is 7.53. The Balaban J connectivity index is 0. The lowest BCUT2D eigenvalue weighted by Crippen LogP contribution is -2.31. The lowest BCUT2D eigenvalue weighted by Gasteiger charge is -2.12. The van der Waals surface area contributed by atoms with Crippen molar-refractivity contribution in [1.82, 2.24) is 0 Å². The molecule has 2 unspecified atom stereocenters. The third-order valence-electron chi connectivity index (χ3n) is 1.51. The lowest BCUT2D eigenvalue weighted by atomic mass is 10.1. The van der Waals surface area contributed by atoms with E-state index in [0.29, 0.717) is 0 Å². The third kappa shape index (κ3) is 6.33. The van der Waals surface area contributed by atoms with Gasteiger partial charge in [0.05, 0.1) is 6.10 Å². The molecule has 0 fully saturated rings. The molecule has 0 saturated carbocycles. The van der Waals surface area contributed by atoms with Gasteiger partial charge in [0, 0.05) is 6.04 Å². The van der Waals surface area contributed by atoms with Crippen LogP contribution in [0.1, 0.15) is 33.1 Å². The van der Waals surface area contributed by atoms with Gasteiger partial charge in [-0.25, -0.2) is 0 Å². The van der Waals surface area contributed by atoms with E-state index in [2.05, 4.69) is 6.92 Å². The monoisotopic (exact) mass is 167 g/mol. The van der Waals surface area contributed by atoms with Crippen molar-refractivity contribution in [3.8, 4) is 0 Å². The van der Waals surface area contributed by atoms with Crippen LogP contribution in [-0.2, 0) is 0 Å². The number of nitrogens with two attached hydrogens (primary N) is 1. The van der Waals surface area contributed by atoms with Crippen molar-refractivity contribution in [3.05, 3.63) is 0 Å². The number of halogens is 1. The zero-order chi connectivity index (χ0) is 7.28. The van der Waals surface area contributed by atoms with Gasteiger partial charge in [-0.1, -0.05) is 19.8 Å². The molecule has 0 heterocycles. The Morgan fingerprint density at radius 3 is 2.30 bits per heavy atom. The highest BCUT2D eigenvalue weighted by atomic mass is 35.5. The van der Waals surface area contributed by atoms with Crippen LogP contribution in [0.4, 0.5) is 0 Å². The second kappa shape index (κ2) is 7.32. The van der Waals surface area contributed by atoms with E-state index in [1.807, 2.05) is 0 Å². The van der Waals surface area contributed by atoms with Gasteiger partial charge >= 0.3 is 0 Å². The van der Waals surface area contributed by atoms with Crippen LogP contribution in [0, 0.1) is 0 Å². The van der Waals surface area contributed by atoms with Gasteiger partial charge in [0.1, 0.15) is 0 Å². The first-order valence-electron chi connectivity index (χ1n) is 3.62. The third-order valence-corrected chi connectivity index (χ3v) is 1.51. The molecule has 0 saturated heterocycles.